The Balaban J connectivity index is 2.60. The van der Waals surface area contributed by atoms with E-state index in [1.165, 1.54) is 0 Å². The highest BCUT2D eigenvalue weighted by atomic mass is 19.3. The summed E-state index contributed by atoms with van der Waals surface area (Å²) in [5.74, 6) is 2.16. The van der Waals surface area contributed by atoms with Crippen molar-refractivity contribution in [3.8, 4) is 12.3 Å². The summed E-state index contributed by atoms with van der Waals surface area (Å²) in [6.07, 6.45) is 4.47. The number of hydrogen-bond donors (Lipinski definition) is 0. The van der Waals surface area contributed by atoms with Gasteiger partial charge >= 0.3 is 0 Å². The molecule has 0 saturated heterocycles. The first-order chi connectivity index (χ1) is 4.21. The SMILES string of the molecule is C#CC1(C(F)F)CCC1. The number of rotatable bonds is 1. The maximum absolute atomic E-state index is 12.0. The summed E-state index contributed by atoms with van der Waals surface area (Å²) >= 11 is 0. The third-order valence-corrected chi connectivity index (χ3v) is 1.95. The van der Waals surface area contributed by atoms with Gasteiger partial charge < -0.3 is 0 Å². The molecule has 1 rings (SSSR count). The van der Waals surface area contributed by atoms with Crippen LogP contribution >= 0.6 is 0 Å². The van der Waals surface area contributed by atoms with Gasteiger partial charge in [-0.25, -0.2) is 8.78 Å². The van der Waals surface area contributed by atoms with E-state index in [0.717, 1.165) is 6.42 Å². The van der Waals surface area contributed by atoms with Gasteiger partial charge in [-0.05, 0) is 19.3 Å². The molecule has 0 aromatic heterocycles. The molecule has 0 N–H and O–H groups in total. The molecule has 1 fully saturated rings. The predicted molar refractivity (Wildman–Crippen MR) is 31.1 cm³/mol. The van der Waals surface area contributed by atoms with Gasteiger partial charge in [0, 0.05) is 0 Å². The third kappa shape index (κ3) is 0.808. The smallest absolute Gasteiger partial charge is 0.209 e. The largest absolute Gasteiger partial charge is 0.254 e. The Morgan fingerprint density at radius 3 is 2.00 bits per heavy atom. The molecule has 1 aliphatic carbocycles. The molecule has 0 aromatic rings. The Morgan fingerprint density at radius 2 is 2.00 bits per heavy atom. The van der Waals surface area contributed by atoms with Crippen LogP contribution in [0.3, 0.4) is 0 Å². The van der Waals surface area contributed by atoms with Gasteiger partial charge in [-0.3, -0.25) is 0 Å². The van der Waals surface area contributed by atoms with Crippen molar-refractivity contribution in [3.63, 3.8) is 0 Å². The summed E-state index contributed by atoms with van der Waals surface area (Å²) in [7, 11) is 0. The Bertz CT molecular complexity index is 139. The Labute approximate surface area is 53.3 Å². The van der Waals surface area contributed by atoms with Crippen molar-refractivity contribution in [2.24, 2.45) is 5.41 Å². The topological polar surface area (TPSA) is 0 Å². The summed E-state index contributed by atoms with van der Waals surface area (Å²) in [6, 6.07) is 0. The average molecular weight is 130 g/mol. The van der Waals surface area contributed by atoms with Gasteiger partial charge in [-0.15, -0.1) is 6.42 Å². The van der Waals surface area contributed by atoms with Crippen molar-refractivity contribution in [2.75, 3.05) is 0 Å². The number of hydrogen-bond acceptors (Lipinski definition) is 0. The van der Waals surface area contributed by atoms with E-state index in [0.29, 0.717) is 12.8 Å². The van der Waals surface area contributed by atoms with Crippen molar-refractivity contribution in [2.45, 2.75) is 25.7 Å². The average Bonchev–Trinajstić information content (AvgIpc) is 1.62. The van der Waals surface area contributed by atoms with Crippen LogP contribution in [0.4, 0.5) is 8.78 Å². The molecule has 2 heteroatoms. The van der Waals surface area contributed by atoms with E-state index in [2.05, 4.69) is 5.92 Å². The van der Waals surface area contributed by atoms with Crippen molar-refractivity contribution < 1.29 is 8.78 Å². The standard InChI is InChI=1S/C7H8F2/c1-2-7(6(8)9)4-3-5-7/h1,6H,3-5H2. The second-order valence-corrected chi connectivity index (χ2v) is 2.45. The van der Waals surface area contributed by atoms with Gasteiger partial charge in [-0.1, -0.05) is 5.92 Å². The normalized spacial score (nSPS) is 22.9. The van der Waals surface area contributed by atoms with Crippen LogP contribution in [-0.4, -0.2) is 6.43 Å². The lowest BCUT2D eigenvalue weighted by Crippen LogP contribution is -2.34. The van der Waals surface area contributed by atoms with Crippen LogP contribution in [-0.2, 0) is 0 Å². The Morgan fingerprint density at radius 1 is 1.44 bits per heavy atom. The van der Waals surface area contributed by atoms with E-state index >= 15 is 0 Å². The molecular formula is C7H8F2. The summed E-state index contributed by atoms with van der Waals surface area (Å²) in [4.78, 5) is 0. The molecule has 1 saturated carbocycles. The molecule has 0 bridgehead atoms. The van der Waals surface area contributed by atoms with E-state index < -0.39 is 11.8 Å². The van der Waals surface area contributed by atoms with Crippen LogP contribution in [0.1, 0.15) is 19.3 Å². The third-order valence-electron chi connectivity index (χ3n) is 1.95. The van der Waals surface area contributed by atoms with Gasteiger partial charge in [0.2, 0.25) is 0 Å². The molecule has 50 valence electrons. The van der Waals surface area contributed by atoms with Crippen LogP contribution in [0, 0.1) is 17.8 Å². The van der Waals surface area contributed by atoms with E-state index in [4.69, 9.17) is 6.42 Å². The minimum absolute atomic E-state index is 0.501. The molecule has 1 aliphatic rings. The van der Waals surface area contributed by atoms with E-state index in [1.54, 1.807) is 0 Å². The van der Waals surface area contributed by atoms with Crippen LogP contribution in [0.15, 0.2) is 0 Å². The molecule has 9 heavy (non-hydrogen) atoms. The second-order valence-electron chi connectivity index (χ2n) is 2.45. The second kappa shape index (κ2) is 1.98. The van der Waals surface area contributed by atoms with Crippen LogP contribution in [0.25, 0.3) is 0 Å². The Kier molecular flexibility index (Phi) is 1.44. The lowest BCUT2D eigenvalue weighted by atomic mass is 9.70. The minimum Gasteiger partial charge on any atom is -0.209 e. The first-order valence-corrected chi connectivity index (χ1v) is 2.97. The summed E-state index contributed by atoms with van der Waals surface area (Å²) < 4.78 is 24.0. The number of terminal acetylenes is 1. The molecule has 0 aliphatic heterocycles. The molecule has 0 amide bonds. The highest BCUT2D eigenvalue weighted by molar-refractivity contribution is 5.11. The lowest BCUT2D eigenvalue weighted by molar-refractivity contribution is -0.0160. The van der Waals surface area contributed by atoms with Gasteiger partial charge in [0.15, 0.2) is 0 Å². The molecule has 0 aromatic carbocycles. The molecule has 0 heterocycles. The monoisotopic (exact) mass is 130 g/mol. The molecular weight excluding hydrogens is 122 g/mol. The van der Waals surface area contributed by atoms with Crippen molar-refractivity contribution in [3.05, 3.63) is 0 Å². The zero-order valence-corrected chi connectivity index (χ0v) is 5.03. The fourth-order valence-electron chi connectivity index (χ4n) is 0.983. The number of alkyl halides is 2. The first-order valence-electron chi connectivity index (χ1n) is 2.97. The zero-order chi connectivity index (χ0) is 6.91. The quantitative estimate of drug-likeness (QED) is 0.476. The maximum Gasteiger partial charge on any atom is 0.254 e. The Hall–Kier alpha value is -0.580. The molecule has 0 spiro atoms. The lowest BCUT2D eigenvalue weighted by Gasteiger charge is -2.35. The predicted octanol–water partition coefficient (Wildman–Crippen LogP) is 2.06. The van der Waals surface area contributed by atoms with E-state index in [-0.39, 0.29) is 0 Å². The number of halogens is 2. The van der Waals surface area contributed by atoms with E-state index in [9.17, 15) is 8.78 Å². The van der Waals surface area contributed by atoms with E-state index in [1.807, 2.05) is 0 Å². The highest BCUT2D eigenvalue weighted by Crippen LogP contribution is 2.44. The summed E-state index contributed by atoms with van der Waals surface area (Å²) in [5, 5.41) is 0. The minimum atomic E-state index is -2.32. The van der Waals surface area contributed by atoms with Gasteiger partial charge in [0.25, 0.3) is 6.43 Å². The first kappa shape index (κ1) is 6.54. The van der Waals surface area contributed by atoms with Crippen molar-refractivity contribution in [1.29, 1.82) is 0 Å². The molecule has 0 radical (unpaired) electrons. The van der Waals surface area contributed by atoms with Gasteiger partial charge in [0.1, 0.15) is 0 Å². The summed E-state index contributed by atoms with van der Waals surface area (Å²) in [6.45, 7) is 0. The van der Waals surface area contributed by atoms with Gasteiger partial charge in [-0.2, -0.15) is 0 Å². The van der Waals surface area contributed by atoms with Gasteiger partial charge in [0.05, 0.1) is 5.41 Å². The molecule has 0 unspecified atom stereocenters. The fourth-order valence-corrected chi connectivity index (χ4v) is 0.983. The van der Waals surface area contributed by atoms with Crippen LogP contribution < -0.4 is 0 Å². The molecule has 0 nitrogen and oxygen atoms in total. The van der Waals surface area contributed by atoms with Crippen molar-refractivity contribution in [1.82, 2.24) is 0 Å². The van der Waals surface area contributed by atoms with Crippen LogP contribution in [0.5, 0.6) is 0 Å². The zero-order valence-electron chi connectivity index (χ0n) is 5.03. The molecule has 0 atom stereocenters. The van der Waals surface area contributed by atoms with Crippen molar-refractivity contribution >= 4 is 0 Å². The highest BCUT2D eigenvalue weighted by Gasteiger charge is 2.43. The van der Waals surface area contributed by atoms with Crippen LogP contribution in [0.2, 0.25) is 0 Å². The summed E-state index contributed by atoms with van der Waals surface area (Å²) in [5.41, 5.74) is -1.04. The maximum atomic E-state index is 12.0. The fraction of sp³-hybridized carbons (Fsp3) is 0.714.